The number of oxime groups is 1. The fraction of sp³-hybridized carbons (Fsp3) is 0.304. The van der Waals surface area contributed by atoms with Crippen LogP contribution in [0.15, 0.2) is 59.3 Å². The number of nitrogens with zero attached hydrogens (tertiary/aromatic N) is 4. The standard InChI is InChI=1S/C23H24N6O8S3/c1-3-9-36-27-15(17-26-22(24)39-28-17)18(30)25-16-19(31)29-11-23(21(32)33,12-38-20(16)29)8-10-37-40(34,35)14-6-4-13(2)5-7-14/h3-8,10,16,20H,1,9,11-12H2,2H3,(H,25,30)(H,32,33)(H2,24,26,28)/t16?,20-,23?/m1/s1. The van der Waals surface area contributed by atoms with Gasteiger partial charge in [0.1, 0.15) is 34.6 Å². The molecule has 14 nitrogen and oxygen atoms in total. The number of aliphatic carboxylic acids is 1. The Kier molecular flexibility index (Phi) is 8.45. The maximum Gasteiger partial charge on any atom is 0.338 e. The molecule has 2 aliphatic heterocycles. The third kappa shape index (κ3) is 5.95. The van der Waals surface area contributed by atoms with Crippen molar-refractivity contribution in [3.63, 3.8) is 0 Å². The number of carbonyl (C=O) groups is 3. The number of nitrogens with two attached hydrogens (primary N) is 1. The third-order valence-electron chi connectivity index (χ3n) is 5.91. The first kappa shape index (κ1) is 29.0. The highest BCUT2D eigenvalue weighted by Gasteiger charge is 2.57. The van der Waals surface area contributed by atoms with Crippen LogP contribution in [-0.2, 0) is 33.5 Å². The Labute approximate surface area is 237 Å². The maximum absolute atomic E-state index is 13.0. The molecule has 0 spiro atoms. The summed E-state index contributed by atoms with van der Waals surface area (Å²) in [7, 11) is -4.17. The van der Waals surface area contributed by atoms with E-state index in [2.05, 4.69) is 26.4 Å². The number of hydrogen-bond donors (Lipinski definition) is 3. The Morgan fingerprint density at radius 1 is 1.38 bits per heavy atom. The Morgan fingerprint density at radius 2 is 2.10 bits per heavy atom. The number of anilines is 1. The summed E-state index contributed by atoms with van der Waals surface area (Å²) in [5.41, 5.74) is 4.54. The van der Waals surface area contributed by atoms with Gasteiger partial charge in [0.2, 0.25) is 17.4 Å². The SMILES string of the molecule is C=CCON=C(C(=O)NC1C(=O)N2CC(C=COS(=O)(=O)c3ccc(C)cc3)(C(=O)O)CS[C@H]12)c1nsc(N)n1. The van der Waals surface area contributed by atoms with Gasteiger partial charge in [0.05, 0.1) is 0 Å². The van der Waals surface area contributed by atoms with Crippen molar-refractivity contribution in [1.29, 1.82) is 0 Å². The number of carboxylic acid groups (broad SMARTS) is 1. The van der Waals surface area contributed by atoms with Gasteiger partial charge in [0.25, 0.3) is 5.91 Å². The van der Waals surface area contributed by atoms with Crippen molar-refractivity contribution >= 4 is 62.0 Å². The minimum absolute atomic E-state index is 0.00579. The molecule has 2 amide bonds. The maximum atomic E-state index is 13.0. The van der Waals surface area contributed by atoms with Crippen LogP contribution in [0.3, 0.4) is 0 Å². The van der Waals surface area contributed by atoms with E-state index in [9.17, 15) is 27.9 Å². The summed E-state index contributed by atoms with van der Waals surface area (Å²) in [6, 6.07) is 4.98. The highest BCUT2D eigenvalue weighted by atomic mass is 32.2. The second kappa shape index (κ2) is 11.6. The largest absolute Gasteiger partial charge is 0.481 e. The second-order valence-electron chi connectivity index (χ2n) is 8.73. The average molecular weight is 609 g/mol. The number of carbonyl (C=O) groups excluding carboxylic acids is 2. The zero-order valence-electron chi connectivity index (χ0n) is 20.9. The molecular weight excluding hydrogens is 584 g/mol. The van der Waals surface area contributed by atoms with Gasteiger partial charge in [-0.3, -0.25) is 14.4 Å². The van der Waals surface area contributed by atoms with Crippen LogP contribution in [0.4, 0.5) is 5.13 Å². The first-order valence-corrected chi connectivity index (χ1v) is 14.7. The van der Waals surface area contributed by atoms with Crippen LogP contribution in [-0.4, -0.2) is 81.6 Å². The molecule has 2 fully saturated rings. The van der Waals surface area contributed by atoms with E-state index in [1.807, 2.05) is 0 Å². The first-order chi connectivity index (χ1) is 19.0. The van der Waals surface area contributed by atoms with Crippen molar-refractivity contribution in [1.82, 2.24) is 19.6 Å². The fourth-order valence-corrected chi connectivity index (χ4v) is 6.50. The average Bonchev–Trinajstić information content (AvgIpc) is 3.35. The molecule has 0 bridgehead atoms. The van der Waals surface area contributed by atoms with E-state index in [1.165, 1.54) is 23.1 Å². The van der Waals surface area contributed by atoms with Gasteiger partial charge in [-0.1, -0.05) is 35.5 Å². The molecule has 4 rings (SSSR count). The summed E-state index contributed by atoms with van der Waals surface area (Å²) in [5.74, 6) is -2.70. The number of thioether (sulfide) groups is 1. The first-order valence-electron chi connectivity index (χ1n) is 11.5. The Balaban J connectivity index is 1.44. The molecule has 17 heteroatoms. The summed E-state index contributed by atoms with van der Waals surface area (Å²) in [5, 5.41) is 15.8. The highest BCUT2D eigenvalue weighted by Crippen LogP contribution is 2.43. The van der Waals surface area contributed by atoms with Crippen molar-refractivity contribution in [2.75, 3.05) is 24.6 Å². The summed E-state index contributed by atoms with van der Waals surface area (Å²) in [4.78, 5) is 48.2. The van der Waals surface area contributed by atoms with Gasteiger partial charge in [-0.2, -0.15) is 17.8 Å². The second-order valence-corrected chi connectivity index (χ2v) is 12.2. The van der Waals surface area contributed by atoms with Crippen LogP contribution in [0.25, 0.3) is 0 Å². The number of nitrogen functional groups attached to an aromatic ring is 1. The molecule has 2 unspecified atom stereocenters. The number of aryl methyl sites for hydroxylation is 1. The molecule has 0 aliphatic carbocycles. The summed E-state index contributed by atoms with van der Waals surface area (Å²) >= 11 is 1.96. The van der Waals surface area contributed by atoms with E-state index in [-0.39, 0.29) is 40.5 Å². The summed E-state index contributed by atoms with van der Waals surface area (Å²) in [6.45, 7) is 5.04. The van der Waals surface area contributed by atoms with E-state index in [0.717, 1.165) is 41.2 Å². The van der Waals surface area contributed by atoms with Crippen LogP contribution in [0.5, 0.6) is 0 Å². The van der Waals surface area contributed by atoms with Gasteiger partial charge in [0.15, 0.2) is 5.13 Å². The molecule has 2 aliphatic rings. The lowest BCUT2D eigenvalue weighted by atomic mass is 9.87. The molecule has 0 saturated carbocycles. The van der Waals surface area contributed by atoms with Gasteiger partial charge in [-0.15, -0.1) is 11.8 Å². The minimum atomic E-state index is -4.17. The number of amides is 2. The zero-order valence-corrected chi connectivity index (χ0v) is 23.4. The van der Waals surface area contributed by atoms with Crippen molar-refractivity contribution < 1.29 is 36.9 Å². The van der Waals surface area contributed by atoms with Gasteiger partial charge < -0.3 is 30.1 Å². The normalized spacial score (nSPS) is 22.8. The van der Waals surface area contributed by atoms with Crippen molar-refractivity contribution in [2.24, 2.45) is 10.6 Å². The molecular formula is C23H24N6O8S3. The molecule has 1 aromatic heterocycles. The minimum Gasteiger partial charge on any atom is -0.481 e. The lowest BCUT2D eigenvalue weighted by molar-refractivity contribution is -0.156. The van der Waals surface area contributed by atoms with Crippen LogP contribution in [0, 0.1) is 12.3 Å². The Morgan fingerprint density at radius 3 is 2.73 bits per heavy atom. The molecule has 4 N–H and O–H groups in total. The highest BCUT2D eigenvalue weighted by molar-refractivity contribution is 8.00. The number of carboxylic acids is 1. The third-order valence-corrected chi connectivity index (χ3v) is 9.22. The lowest BCUT2D eigenvalue weighted by Gasteiger charge is -2.53. The van der Waals surface area contributed by atoms with E-state index < -0.39 is 44.7 Å². The zero-order chi connectivity index (χ0) is 29.1. The predicted molar refractivity (Wildman–Crippen MR) is 146 cm³/mol. The summed E-state index contributed by atoms with van der Waals surface area (Å²) < 4.78 is 33.8. The molecule has 3 heterocycles. The van der Waals surface area contributed by atoms with Crippen LogP contribution < -0.4 is 11.1 Å². The van der Waals surface area contributed by atoms with Crippen LogP contribution in [0.2, 0.25) is 0 Å². The van der Waals surface area contributed by atoms with Gasteiger partial charge in [-0.25, -0.2) is 0 Å². The smallest absolute Gasteiger partial charge is 0.338 e. The molecule has 3 atom stereocenters. The molecule has 1 aromatic carbocycles. The Hall–Kier alpha value is -3.96. The van der Waals surface area contributed by atoms with Gasteiger partial charge in [-0.05, 0) is 25.1 Å². The molecule has 40 heavy (non-hydrogen) atoms. The van der Waals surface area contributed by atoms with Crippen LogP contribution >= 0.6 is 23.3 Å². The monoisotopic (exact) mass is 608 g/mol. The molecule has 2 aromatic rings. The topological polar surface area (TPSA) is 203 Å². The molecule has 212 valence electrons. The van der Waals surface area contributed by atoms with Crippen molar-refractivity contribution in [3.05, 3.63) is 60.6 Å². The molecule has 2 saturated heterocycles. The Bertz CT molecular complexity index is 1490. The number of benzene rings is 1. The number of β-lactam (4-membered cyclic amide) rings is 1. The predicted octanol–water partition coefficient (Wildman–Crippen LogP) is 0.726. The van der Waals surface area contributed by atoms with Crippen molar-refractivity contribution in [3.8, 4) is 0 Å². The van der Waals surface area contributed by atoms with Gasteiger partial charge in [0, 0.05) is 23.8 Å². The fourth-order valence-electron chi connectivity index (χ4n) is 3.77. The quantitative estimate of drug-likeness (QED) is 0.0614. The number of rotatable bonds is 11. The molecule has 0 radical (unpaired) electrons. The van der Waals surface area contributed by atoms with Crippen LogP contribution in [0.1, 0.15) is 11.4 Å². The summed E-state index contributed by atoms with van der Waals surface area (Å²) in [6.07, 6.45) is 3.34. The number of nitrogens with one attached hydrogen (secondary N) is 1. The number of fused-ring (bicyclic) bond motifs is 1. The lowest BCUT2D eigenvalue weighted by Crippen LogP contribution is -2.73. The van der Waals surface area contributed by atoms with E-state index in [0.29, 0.717) is 0 Å². The van der Waals surface area contributed by atoms with Gasteiger partial charge >= 0.3 is 16.1 Å². The van der Waals surface area contributed by atoms with E-state index >= 15 is 0 Å². The van der Waals surface area contributed by atoms with E-state index in [1.54, 1.807) is 19.1 Å². The van der Waals surface area contributed by atoms with Crippen molar-refractivity contribution in [2.45, 2.75) is 23.2 Å². The number of hydrogen-bond acceptors (Lipinski definition) is 13. The van der Waals surface area contributed by atoms with E-state index in [4.69, 9.17) is 14.8 Å². The number of aromatic nitrogens is 2.